The van der Waals surface area contributed by atoms with Gasteiger partial charge in [-0.2, -0.15) is 4.39 Å². The van der Waals surface area contributed by atoms with Crippen LogP contribution in [0.15, 0.2) is 60.7 Å². The number of amides is 1. The Hall–Kier alpha value is -3.89. The van der Waals surface area contributed by atoms with E-state index < -0.39 is 22.3 Å². The molecule has 46 heavy (non-hydrogen) atoms. The minimum absolute atomic E-state index is 0.0895. The molecular formula is C35H36ClF2N5O3. The average Bonchev–Trinajstić information content (AvgIpc) is 3.50. The maximum atomic E-state index is 14.6. The van der Waals surface area contributed by atoms with Crippen molar-refractivity contribution in [3.63, 3.8) is 0 Å². The van der Waals surface area contributed by atoms with Gasteiger partial charge in [-0.05, 0) is 93.7 Å². The minimum atomic E-state index is -1.08. The van der Waals surface area contributed by atoms with Crippen molar-refractivity contribution in [1.82, 2.24) is 19.4 Å². The van der Waals surface area contributed by atoms with E-state index in [1.165, 1.54) is 11.6 Å². The molecule has 0 aliphatic carbocycles. The lowest BCUT2D eigenvalue weighted by molar-refractivity contribution is -0.387. The Labute approximate surface area is 271 Å². The molecule has 3 aliphatic rings. The van der Waals surface area contributed by atoms with Crippen molar-refractivity contribution in [2.45, 2.75) is 75.4 Å². The van der Waals surface area contributed by atoms with Crippen LogP contribution in [0.1, 0.15) is 72.7 Å². The van der Waals surface area contributed by atoms with Crippen LogP contribution >= 0.6 is 11.6 Å². The van der Waals surface area contributed by atoms with Crippen LogP contribution in [0.3, 0.4) is 0 Å². The molecule has 0 N–H and O–H groups in total. The van der Waals surface area contributed by atoms with Crippen LogP contribution in [-0.4, -0.2) is 61.9 Å². The third-order valence-corrected chi connectivity index (χ3v) is 11.1. The number of rotatable bonds is 7. The quantitative estimate of drug-likeness (QED) is 0.152. The number of halogens is 3. The SMILES string of the molecule is Cc1nc2ccccc2n1C1C[C@H]2CC[C@@H](C1)N2CCC1(c2cccc(F)c2)CCN(C(=O)c2cc([N+](=O)[O-])c(F)cc2Cl)CC1. The van der Waals surface area contributed by atoms with Gasteiger partial charge in [0.15, 0.2) is 0 Å². The molecule has 8 nitrogen and oxygen atoms in total. The molecule has 0 spiro atoms. The van der Waals surface area contributed by atoms with Crippen molar-refractivity contribution in [3.8, 4) is 0 Å². The summed E-state index contributed by atoms with van der Waals surface area (Å²) in [4.78, 5) is 33.0. The molecular weight excluding hydrogens is 612 g/mol. The Balaban J connectivity index is 1.08. The predicted octanol–water partition coefficient (Wildman–Crippen LogP) is 7.62. The number of carbonyl (C=O) groups is 1. The number of fused-ring (bicyclic) bond motifs is 3. The molecule has 4 heterocycles. The fraction of sp³-hybridized carbons (Fsp3) is 0.429. The number of imidazole rings is 1. The molecule has 7 rings (SSSR count). The fourth-order valence-corrected chi connectivity index (χ4v) is 8.67. The van der Waals surface area contributed by atoms with Crippen molar-refractivity contribution in [1.29, 1.82) is 0 Å². The third-order valence-electron chi connectivity index (χ3n) is 10.8. The highest BCUT2D eigenvalue weighted by Crippen LogP contribution is 2.45. The lowest BCUT2D eigenvalue weighted by Crippen LogP contribution is -2.49. The van der Waals surface area contributed by atoms with E-state index in [2.05, 4.69) is 34.6 Å². The molecule has 1 amide bonds. The van der Waals surface area contributed by atoms with Gasteiger partial charge in [0.2, 0.25) is 5.82 Å². The molecule has 1 unspecified atom stereocenters. The second kappa shape index (κ2) is 12.0. The largest absolute Gasteiger partial charge is 0.339 e. The maximum absolute atomic E-state index is 14.6. The summed E-state index contributed by atoms with van der Waals surface area (Å²) >= 11 is 6.18. The first-order chi connectivity index (χ1) is 22.1. The van der Waals surface area contributed by atoms with E-state index in [0.717, 1.165) is 67.7 Å². The van der Waals surface area contributed by atoms with Gasteiger partial charge in [0, 0.05) is 43.3 Å². The van der Waals surface area contributed by atoms with Gasteiger partial charge in [0.25, 0.3) is 5.91 Å². The summed E-state index contributed by atoms with van der Waals surface area (Å²) in [6, 6.07) is 18.2. The topological polar surface area (TPSA) is 84.5 Å². The minimum Gasteiger partial charge on any atom is -0.339 e. The van der Waals surface area contributed by atoms with E-state index in [1.54, 1.807) is 17.0 Å². The number of para-hydroxylation sites is 2. The lowest BCUT2D eigenvalue weighted by atomic mass is 9.70. The molecule has 3 aromatic carbocycles. The number of carbonyl (C=O) groups excluding carboxylic acids is 1. The summed E-state index contributed by atoms with van der Waals surface area (Å²) in [5.74, 6) is -0.781. The van der Waals surface area contributed by atoms with Crippen molar-refractivity contribution < 1.29 is 18.5 Å². The first-order valence-electron chi connectivity index (χ1n) is 16.0. The molecule has 3 atom stereocenters. The monoisotopic (exact) mass is 647 g/mol. The number of piperidine rings is 2. The Kier molecular flexibility index (Phi) is 8.05. The Morgan fingerprint density at radius 2 is 1.74 bits per heavy atom. The van der Waals surface area contributed by atoms with Crippen LogP contribution in [0.4, 0.5) is 14.5 Å². The van der Waals surface area contributed by atoms with Gasteiger partial charge in [0.05, 0.1) is 26.5 Å². The number of benzene rings is 3. The predicted molar refractivity (Wildman–Crippen MR) is 172 cm³/mol. The molecule has 3 aliphatic heterocycles. The molecule has 4 aromatic rings. The van der Waals surface area contributed by atoms with Gasteiger partial charge in [0.1, 0.15) is 11.6 Å². The number of nitrogens with zero attached hydrogens (tertiary/aromatic N) is 5. The first-order valence-corrected chi connectivity index (χ1v) is 16.4. The van der Waals surface area contributed by atoms with E-state index in [1.807, 2.05) is 12.1 Å². The van der Waals surface area contributed by atoms with Crippen LogP contribution in [-0.2, 0) is 5.41 Å². The molecule has 3 saturated heterocycles. The smallest absolute Gasteiger partial charge is 0.305 e. The van der Waals surface area contributed by atoms with E-state index in [0.29, 0.717) is 44.1 Å². The molecule has 0 saturated carbocycles. The summed E-state index contributed by atoms with van der Waals surface area (Å²) < 4.78 is 31.1. The van der Waals surface area contributed by atoms with Gasteiger partial charge < -0.3 is 9.47 Å². The molecule has 3 fully saturated rings. The zero-order chi connectivity index (χ0) is 32.2. The van der Waals surface area contributed by atoms with Crippen molar-refractivity contribution in [2.24, 2.45) is 0 Å². The Morgan fingerprint density at radius 1 is 1.02 bits per heavy atom. The average molecular weight is 648 g/mol. The summed E-state index contributed by atoms with van der Waals surface area (Å²) in [6.07, 6.45) is 6.49. The number of aryl methyl sites for hydroxylation is 1. The summed E-state index contributed by atoms with van der Waals surface area (Å²) in [5, 5.41) is 11.2. The Bertz CT molecular complexity index is 1810. The van der Waals surface area contributed by atoms with E-state index >= 15 is 0 Å². The number of hydrogen-bond acceptors (Lipinski definition) is 5. The highest BCUT2D eigenvalue weighted by Gasteiger charge is 2.44. The van der Waals surface area contributed by atoms with Crippen LogP contribution in [0.25, 0.3) is 11.0 Å². The highest BCUT2D eigenvalue weighted by atomic mass is 35.5. The normalized spacial score (nSPS) is 22.8. The molecule has 1 aromatic heterocycles. The summed E-state index contributed by atoms with van der Waals surface area (Å²) in [7, 11) is 0. The van der Waals surface area contributed by atoms with E-state index in [9.17, 15) is 23.7 Å². The number of hydrogen-bond donors (Lipinski definition) is 0. The van der Waals surface area contributed by atoms with Gasteiger partial charge in [-0.3, -0.25) is 19.8 Å². The molecule has 0 radical (unpaired) electrons. The summed E-state index contributed by atoms with van der Waals surface area (Å²) in [6.45, 7) is 3.73. The lowest BCUT2D eigenvalue weighted by Gasteiger charge is -2.45. The van der Waals surface area contributed by atoms with Gasteiger partial charge in [-0.25, -0.2) is 9.37 Å². The number of nitro groups is 1. The van der Waals surface area contributed by atoms with Gasteiger partial charge >= 0.3 is 5.69 Å². The van der Waals surface area contributed by atoms with Crippen LogP contribution < -0.4 is 0 Å². The van der Waals surface area contributed by atoms with Gasteiger partial charge in [-0.1, -0.05) is 35.9 Å². The fourth-order valence-electron chi connectivity index (χ4n) is 8.44. The second-order valence-corrected chi connectivity index (χ2v) is 13.5. The van der Waals surface area contributed by atoms with E-state index in [-0.39, 0.29) is 21.8 Å². The van der Waals surface area contributed by atoms with Crippen molar-refractivity contribution >= 4 is 34.2 Å². The first kappa shape index (κ1) is 30.7. The van der Waals surface area contributed by atoms with Crippen LogP contribution in [0.2, 0.25) is 5.02 Å². The van der Waals surface area contributed by atoms with Crippen LogP contribution in [0.5, 0.6) is 0 Å². The number of aromatic nitrogens is 2. The zero-order valence-electron chi connectivity index (χ0n) is 25.7. The Morgan fingerprint density at radius 3 is 2.43 bits per heavy atom. The molecule has 240 valence electrons. The zero-order valence-corrected chi connectivity index (χ0v) is 26.4. The van der Waals surface area contributed by atoms with E-state index in [4.69, 9.17) is 16.6 Å². The van der Waals surface area contributed by atoms with Crippen molar-refractivity contribution in [3.05, 3.63) is 104 Å². The van der Waals surface area contributed by atoms with Gasteiger partial charge in [-0.15, -0.1) is 0 Å². The summed E-state index contributed by atoms with van der Waals surface area (Å²) in [5.41, 5.74) is 1.95. The highest BCUT2D eigenvalue weighted by molar-refractivity contribution is 6.34. The number of nitro benzene ring substituents is 1. The number of likely N-dealkylation sites (tertiary alicyclic amines) is 1. The van der Waals surface area contributed by atoms with Crippen LogP contribution in [0, 0.1) is 28.7 Å². The van der Waals surface area contributed by atoms with Crippen molar-refractivity contribution in [2.75, 3.05) is 19.6 Å². The third kappa shape index (κ3) is 5.45. The molecule has 2 bridgehead atoms. The second-order valence-electron chi connectivity index (χ2n) is 13.1. The standard InChI is InChI=1S/C35H36ClF2N5O3/c1-22-39-31-7-2-3-8-32(31)42(22)27-18-25-9-10-26(19-27)41(25)16-13-35(23-5-4-6-24(37)17-23)11-14-40(15-12-35)34(44)28-20-33(43(45)46)30(38)21-29(28)36/h2-8,17,20-21,25-27H,9-16,18-19H2,1H3/t25-,26+,27?. The molecule has 11 heteroatoms. The maximum Gasteiger partial charge on any atom is 0.305 e.